The zero-order chi connectivity index (χ0) is 9.40. The Morgan fingerprint density at radius 2 is 2.25 bits per heavy atom. The van der Waals surface area contributed by atoms with Crippen molar-refractivity contribution in [3.63, 3.8) is 0 Å². The van der Waals surface area contributed by atoms with Gasteiger partial charge >= 0.3 is 0 Å². The van der Waals surface area contributed by atoms with Gasteiger partial charge in [-0.05, 0) is 13.3 Å². The second kappa shape index (κ2) is 6.64. The molecule has 0 rings (SSSR count). The molecule has 0 fully saturated rings. The normalized spacial score (nSPS) is 11.8. The molecule has 1 unspecified atom stereocenters. The molecular formula is C8H16N2O2. The molecule has 0 aliphatic rings. The van der Waals surface area contributed by atoms with Crippen LogP contribution in [0.25, 0.3) is 0 Å². The van der Waals surface area contributed by atoms with Crippen molar-refractivity contribution in [2.24, 2.45) is 0 Å². The van der Waals surface area contributed by atoms with Gasteiger partial charge in [-0.1, -0.05) is 6.92 Å². The van der Waals surface area contributed by atoms with Crippen molar-refractivity contribution in [3.8, 4) is 0 Å². The molecule has 0 radical (unpaired) electrons. The Morgan fingerprint density at radius 3 is 2.75 bits per heavy atom. The zero-order valence-electron chi connectivity index (χ0n) is 7.59. The lowest BCUT2D eigenvalue weighted by atomic mass is 10.2. The number of carbonyl (C=O) groups is 2. The van der Waals surface area contributed by atoms with E-state index in [1.165, 1.54) is 0 Å². The van der Waals surface area contributed by atoms with Crippen LogP contribution in [0.1, 0.15) is 26.7 Å². The molecule has 4 nitrogen and oxygen atoms in total. The van der Waals surface area contributed by atoms with Crippen molar-refractivity contribution in [1.29, 1.82) is 0 Å². The summed E-state index contributed by atoms with van der Waals surface area (Å²) in [6.45, 7) is 4.49. The van der Waals surface area contributed by atoms with Gasteiger partial charge in [0.05, 0.1) is 0 Å². The summed E-state index contributed by atoms with van der Waals surface area (Å²) in [5, 5.41) is 5.24. The van der Waals surface area contributed by atoms with E-state index in [-0.39, 0.29) is 11.9 Å². The number of amides is 2. The third-order valence-electron chi connectivity index (χ3n) is 1.42. The maximum Gasteiger partial charge on any atom is 0.222 e. The Kier molecular flexibility index (Phi) is 6.05. The number of carbonyl (C=O) groups excluding carboxylic acids is 2. The summed E-state index contributed by atoms with van der Waals surface area (Å²) in [5.41, 5.74) is 0. The summed E-state index contributed by atoms with van der Waals surface area (Å²) in [5.74, 6) is -0.0151. The molecule has 1 atom stereocenters. The lowest BCUT2D eigenvalue weighted by Crippen LogP contribution is -2.33. The van der Waals surface area contributed by atoms with Gasteiger partial charge in [-0.25, -0.2) is 0 Å². The molecule has 0 bridgehead atoms. The predicted molar refractivity (Wildman–Crippen MR) is 46.6 cm³/mol. The maximum atomic E-state index is 11.0. The lowest BCUT2D eigenvalue weighted by molar-refractivity contribution is -0.121. The van der Waals surface area contributed by atoms with Crippen molar-refractivity contribution in [2.45, 2.75) is 32.7 Å². The SMILES string of the molecule is CCCNC(=O)CC(C)NC=O. The van der Waals surface area contributed by atoms with E-state index in [1.54, 1.807) is 6.92 Å². The first-order valence-corrected chi connectivity index (χ1v) is 4.17. The molecule has 0 spiro atoms. The first-order chi connectivity index (χ1) is 5.70. The fraction of sp³-hybridized carbons (Fsp3) is 0.750. The van der Waals surface area contributed by atoms with E-state index < -0.39 is 0 Å². The summed E-state index contributed by atoms with van der Waals surface area (Å²) in [6, 6.07) is -0.0839. The average molecular weight is 172 g/mol. The number of nitrogens with one attached hydrogen (secondary N) is 2. The minimum Gasteiger partial charge on any atom is -0.356 e. The van der Waals surface area contributed by atoms with E-state index in [4.69, 9.17) is 0 Å². The summed E-state index contributed by atoms with van der Waals surface area (Å²) < 4.78 is 0. The maximum absolute atomic E-state index is 11.0. The standard InChI is InChI=1S/C8H16N2O2/c1-3-4-9-8(12)5-7(2)10-6-11/h6-7H,3-5H2,1-2H3,(H,9,12)(H,10,11). The second-order valence-corrected chi connectivity index (χ2v) is 2.74. The monoisotopic (exact) mass is 172 g/mol. The number of hydrogen-bond acceptors (Lipinski definition) is 2. The van der Waals surface area contributed by atoms with Crippen molar-refractivity contribution in [3.05, 3.63) is 0 Å². The Hall–Kier alpha value is -1.06. The van der Waals surface area contributed by atoms with E-state index in [9.17, 15) is 9.59 Å². The highest BCUT2D eigenvalue weighted by Crippen LogP contribution is 1.88. The fourth-order valence-electron chi connectivity index (χ4n) is 0.790. The van der Waals surface area contributed by atoms with Gasteiger partial charge in [-0.2, -0.15) is 0 Å². The van der Waals surface area contributed by atoms with Crippen LogP contribution in [-0.2, 0) is 9.59 Å². The van der Waals surface area contributed by atoms with Crippen LogP contribution in [0.3, 0.4) is 0 Å². The molecule has 0 aromatic rings. The quantitative estimate of drug-likeness (QED) is 0.556. The highest BCUT2D eigenvalue weighted by Gasteiger charge is 2.05. The van der Waals surface area contributed by atoms with Gasteiger partial charge in [-0.3, -0.25) is 9.59 Å². The van der Waals surface area contributed by atoms with Crippen LogP contribution in [0.2, 0.25) is 0 Å². The van der Waals surface area contributed by atoms with E-state index in [0.717, 1.165) is 6.42 Å². The fourth-order valence-corrected chi connectivity index (χ4v) is 0.790. The van der Waals surface area contributed by atoms with Crippen molar-refractivity contribution in [1.82, 2.24) is 10.6 Å². The molecule has 0 heterocycles. The van der Waals surface area contributed by atoms with Crippen molar-refractivity contribution < 1.29 is 9.59 Å². The van der Waals surface area contributed by atoms with Crippen LogP contribution in [0.4, 0.5) is 0 Å². The Balaban J connectivity index is 3.46. The Bertz CT molecular complexity index is 148. The van der Waals surface area contributed by atoms with Crippen LogP contribution >= 0.6 is 0 Å². The molecule has 2 N–H and O–H groups in total. The molecule has 2 amide bonds. The van der Waals surface area contributed by atoms with Gasteiger partial charge in [0.1, 0.15) is 0 Å². The predicted octanol–water partition coefficient (Wildman–Crippen LogP) is 0.0372. The van der Waals surface area contributed by atoms with E-state index in [0.29, 0.717) is 19.4 Å². The molecule has 12 heavy (non-hydrogen) atoms. The Labute approximate surface area is 72.7 Å². The van der Waals surface area contributed by atoms with Gasteiger partial charge in [0.2, 0.25) is 12.3 Å². The second-order valence-electron chi connectivity index (χ2n) is 2.74. The van der Waals surface area contributed by atoms with Gasteiger partial charge in [0.15, 0.2) is 0 Å². The summed E-state index contributed by atoms with van der Waals surface area (Å²) in [4.78, 5) is 21.0. The third kappa shape index (κ3) is 5.70. The lowest BCUT2D eigenvalue weighted by Gasteiger charge is -2.09. The highest BCUT2D eigenvalue weighted by molar-refractivity contribution is 5.76. The highest BCUT2D eigenvalue weighted by atomic mass is 16.1. The molecule has 0 saturated heterocycles. The average Bonchev–Trinajstić information content (AvgIpc) is 2.01. The van der Waals surface area contributed by atoms with Gasteiger partial charge < -0.3 is 10.6 Å². The van der Waals surface area contributed by atoms with Gasteiger partial charge in [0.25, 0.3) is 0 Å². The van der Waals surface area contributed by atoms with Gasteiger partial charge in [0, 0.05) is 19.0 Å². The molecule has 0 aliphatic carbocycles. The first-order valence-electron chi connectivity index (χ1n) is 4.17. The molecule has 0 saturated carbocycles. The zero-order valence-corrected chi connectivity index (χ0v) is 7.59. The molecule has 0 aliphatic heterocycles. The summed E-state index contributed by atoms with van der Waals surface area (Å²) in [6.07, 6.45) is 1.89. The molecular weight excluding hydrogens is 156 g/mol. The number of rotatable bonds is 6. The molecule has 4 heteroatoms. The third-order valence-corrected chi connectivity index (χ3v) is 1.42. The largest absolute Gasteiger partial charge is 0.356 e. The molecule has 0 aromatic heterocycles. The Morgan fingerprint density at radius 1 is 1.58 bits per heavy atom. The smallest absolute Gasteiger partial charge is 0.222 e. The minimum absolute atomic E-state index is 0.0151. The summed E-state index contributed by atoms with van der Waals surface area (Å²) >= 11 is 0. The topological polar surface area (TPSA) is 58.2 Å². The number of hydrogen-bond donors (Lipinski definition) is 2. The minimum atomic E-state index is -0.0839. The molecule has 70 valence electrons. The van der Waals surface area contributed by atoms with Crippen LogP contribution in [0.5, 0.6) is 0 Å². The van der Waals surface area contributed by atoms with Crippen molar-refractivity contribution >= 4 is 12.3 Å². The van der Waals surface area contributed by atoms with Crippen LogP contribution in [-0.4, -0.2) is 24.9 Å². The van der Waals surface area contributed by atoms with E-state index >= 15 is 0 Å². The van der Waals surface area contributed by atoms with E-state index in [1.807, 2.05) is 6.92 Å². The first kappa shape index (κ1) is 10.9. The van der Waals surface area contributed by atoms with E-state index in [2.05, 4.69) is 10.6 Å². The van der Waals surface area contributed by atoms with Crippen molar-refractivity contribution in [2.75, 3.05) is 6.54 Å². The molecule has 0 aromatic carbocycles. The van der Waals surface area contributed by atoms with Crippen LogP contribution in [0.15, 0.2) is 0 Å². The van der Waals surface area contributed by atoms with Crippen LogP contribution < -0.4 is 10.6 Å². The van der Waals surface area contributed by atoms with Crippen LogP contribution in [0, 0.1) is 0 Å². The summed E-state index contributed by atoms with van der Waals surface area (Å²) in [7, 11) is 0. The van der Waals surface area contributed by atoms with Gasteiger partial charge in [-0.15, -0.1) is 0 Å².